The fourth-order valence-corrected chi connectivity index (χ4v) is 2.21. The van der Waals surface area contributed by atoms with Gasteiger partial charge in [-0.2, -0.15) is 9.78 Å². The Morgan fingerprint density at radius 3 is 2.63 bits per heavy atom. The monoisotopic (exact) mass is 272 g/mol. The van der Waals surface area contributed by atoms with Crippen LogP contribution >= 0.6 is 0 Å². The van der Waals surface area contributed by atoms with E-state index in [1.54, 1.807) is 6.07 Å². The van der Waals surface area contributed by atoms with Crippen LogP contribution in [0.2, 0.25) is 19.6 Å². The molecule has 1 aromatic carbocycles. The number of rotatable bonds is 0. The summed E-state index contributed by atoms with van der Waals surface area (Å²) >= 11 is 0. The van der Waals surface area contributed by atoms with E-state index < -0.39 is 14.2 Å². The molecule has 1 N–H and O–H groups in total. The maximum absolute atomic E-state index is 11.2. The highest BCUT2D eigenvalue weighted by Crippen LogP contribution is 2.19. The highest BCUT2D eigenvalue weighted by atomic mass is 28.3. The molecule has 0 atom stereocenters. The summed E-state index contributed by atoms with van der Waals surface area (Å²) in [6.45, 7) is 8.39. The van der Waals surface area contributed by atoms with E-state index in [0.29, 0.717) is 11.2 Å². The zero-order valence-corrected chi connectivity index (χ0v) is 12.5. The van der Waals surface area contributed by atoms with Gasteiger partial charge >= 0.3 is 6.09 Å². The van der Waals surface area contributed by atoms with Gasteiger partial charge in [0, 0.05) is 5.39 Å². The van der Waals surface area contributed by atoms with Gasteiger partial charge in [0.05, 0.1) is 5.52 Å². The van der Waals surface area contributed by atoms with Crippen LogP contribution in [-0.2, 0) is 0 Å². The largest absolute Gasteiger partial charge is 0.463 e. The van der Waals surface area contributed by atoms with Gasteiger partial charge in [-0.15, -0.1) is 5.54 Å². The van der Waals surface area contributed by atoms with Gasteiger partial charge in [-0.05, 0) is 19.1 Å². The van der Waals surface area contributed by atoms with Crippen LogP contribution in [0.1, 0.15) is 11.3 Å². The lowest BCUT2D eigenvalue weighted by Gasteiger charge is -2.02. The third kappa shape index (κ3) is 2.85. The van der Waals surface area contributed by atoms with Crippen molar-refractivity contribution < 1.29 is 9.90 Å². The van der Waals surface area contributed by atoms with Crippen LogP contribution in [0.5, 0.6) is 0 Å². The van der Waals surface area contributed by atoms with Gasteiger partial charge in [0.25, 0.3) is 0 Å². The van der Waals surface area contributed by atoms with Crippen molar-refractivity contribution in [3.8, 4) is 11.5 Å². The summed E-state index contributed by atoms with van der Waals surface area (Å²) in [5.74, 6) is 3.05. The lowest BCUT2D eigenvalue weighted by molar-refractivity contribution is 0.194. The Kier molecular flexibility index (Phi) is 3.21. The van der Waals surface area contributed by atoms with Crippen molar-refractivity contribution in [3.05, 3.63) is 29.5 Å². The van der Waals surface area contributed by atoms with E-state index in [1.165, 1.54) is 0 Å². The Morgan fingerprint density at radius 1 is 1.37 bits per heavy atom. The quantitative estimate of drug-likeness (QED) is 0.592. The average molecular weight is 272 g/mol. The second-order valence-corrected chi connectivity index (χ2v) is 10.3. The minimum absolute atomic E-state index is 0.545. The molecule has 0 amide bonds. The molecule has 0 aliphatic heterocycles. The maximum Gasteiger partial charge on any atom is 0.432 e. The van der Waals surface area contributed by atoms with E-state index in [-0.39, 0.29) is 0 Å². The molecule has 4 nitrogen and oxygen atoms in total. The number of aryl methyl sites for hydroxylation is 1. The third-order valence-corrected chi connectivity index (χ3v) is 3.45. The molecule has 0 saturated carbocycles. The molecular weight excluding hydrogens is 256 g/mol. The lowest BCUT2D eigenvalue weighted by Crippen LogP contribution is -2.16. The molecule has 0 fully saturated rings. The molecule has 0 spiro atoms. The van der Waals surface area contributed by atoms with Gasteiger partial charge in [-0.3, -0.25) is 0 Å². The van der Waals surface area contributed by atoms with E-state index in [0.717, 1.165) is 15.6 Å². The summed E-state index contributed by atoms with van der Waals surface area (Å²) in [5.41, 5.74) is 5.41. The van der Waals surface area contributed by atoms with Crippen LogP contribution in [0.3, 0.4) is 0 Å². The number of aromatic nitrogens is 2. The van der Waals surface area contributed by atoms with E-state index in [9.17, 15) is 4.79 Å². The van der Waals surface area contributed by atoms with Crippen LogP contribution in [0.15, 0.2) is 18.2 Å². The molecule has 19 heavy (non-hydrogen) atoms. The molecule has 1 heterocycles. The Hall–Kier alpha value is -2.06. The summed E-state index contributed by atoms with van der Waals surface area (Å²) in [6.07, 6.45) is -1.09. The molecule has 0 unspecified atom stereocenters. The van der Waals surface area contributed by atoms with Crippen molar-refractivity contribution in [1.29, 1.82) is 0 Å². The topological polar surface area (TPSA) is 55.1 Å². The Balaban J connectivity index is 2.70. The number of benzene rings is 1. The first-order chi connectivity index (χ1) is 8.78. The molecule has 2 rings (SSSR count). The first-order valence-electron chi connectivity index (χ1n) is 6.04. The Bertz CT molecular complexity index is 715. The molecule has 0 aliphatic carbocycles. The number of fused-ring (bicyclic) bond motifs is 1. The van der Waals surface area contributed by atoms with Crippen molar-refractivity contribution in [2.75, 3.05) is 0 Å². The van der Waals surface area contributed by atoms with E-state index in [2.05, 4.69) is 36.2 Å². The second-order valence-electron chi connectivity index (χ2n) is 5.56. The molecule has 0 aliphatic rings. The molecule has 0 radical (unpaired) electrons. The molecular formula is C14H16N2O2Si. The van der Waals surface area contributed by atoms with Crippen molar-refractivity contribution >= 4 is 25.1 Å². The standard InChI is InChI=1S/C14H16N2O2Si/c1-10-5-6-13-11(9-10)12(7-8-19(2,3)4)15-16(13)14(17)18/h5-6,9H,1-4H3,(H,17,18). The van der Waals surface area contributed by atoms with E-state index in [1.807, 2.05) is 19.1 Å². The smallest absolute Gasteiger partial charge is 0.432 e. The number of hydrogen-bond acceptors (Lipinski definition) is 2. The van der Waals surface area contributed by atoms with Crippen molar-refractivity contribution in [3.63, 3.8) is 0 Å². The molecule has 5 heteroatoms. The van der Waals surface area contributed by atoms with Crippen LogP contribution in [-0.4, -0.2) is 29.1 Å². The average Bonchev–Trinajstić information content (AvgIpc) is 2.63. The molecule has 2 aromatic rings. The Morgan fingerprint density at radius 2 is 2.05 bits per heavy atom. The highest BCUT2D eigenvalue weighted by molar-refractivity contribution is 6.83. The van der Waals surface area contributed by atoms with Gasteiger partial charge in [0.2, 0.25) is 0 Å². The highest BCUT2D eigenvalue weighted by Gasteiger charge is 2.14. The maximum atomic E-state index is 11.2. The summed E-state index contributed by atoms with van der Waals surface area (Å²) in [4.78, 5) is 11.2. The first kappa shape index (κ1) is 13.4. The number of carboxylic acid groups (broad SMARTS) is 1. The van der Waals surface area contributed by atoms with Crippen molar-refractivity contribution in [2.24, 2.45) is 0 Å². The first-order valence-corrected chi connectivity index (χ1v) is 9.54. The molecule has 1 aromatic heterocycles. The minimum Gasteiger partial charge on any atom is -0.463 e. The molecule has 0 saturated heterocycles. The summed E-state index contributed by atoms with van der Waals surface area (Å²) in [7, 11) is -1.52. The molecule has 98 valence electrons. The van der Waals surface area contributed by atoms with Gasteiger partial charge in [-0.1, -0.05) is 37.2 Å². The van der Waals surface area contributed by atoms with Crippen molar-refractivity contribution in [1.82, 2.24) is 9.78 Å². The van der Waals surface area contributed by atoms with Crippen molar-refractivity contribution in [2.45, 2.75) is 26.6 Å². The normalized spacial score (nSPS) is 11.2. The SMILES string of the molecule is Cc1ccc2c(c1)c(C#C[Si](C)(C)C)nn2C(=O)O. The summed E-state index contributed by atoms with van der Waals surface area (Å²) in [6, 6.07) is 5.57. The summed E-state index contributed by atoms with van der Waals surface area (Å²) in [5, 5.41) is 14.1. The zero-order valence-electron chi connectivity index (χ0n) is 11.5. The van der Waals surface area contributed by atoms with Gasteiger partial charge < -0.3 is 5.11 Å². The van der Waals surface area contributed by atoms with Crippen LogP contribution in [0, 0.1) is 18.4 Å². The summed E-state index contributed by atoms with van der Waals surface area (Å²) < 4.78 is 0.989. The zero-order chi connectivity index (χ0) is 14.2. The lowest BCUT2D eigenvalue weighted by atomic mass is 10.1. The fourth-order valence-electron chi connectivity index (χ4n) is 1.72. The van der Waals surface area contributed by atoms with Crippen LogP contribution < -0.4 is 0 Å². The number of carbonyl (C=O) groups is 1. The fraction of sp³-hybridized carbons (Fsp3) is 0.286. The third-order valence-electron chi connectivity index (χ3n) is 2.57. The predicted molar refractivity (Wildman–Crippen MR) is 78.1 cm³/mol. The van der Waals surface area contributed by atoms with E-state index in [4.69, 9.17) is 5.11 Å². The number of hydrogen-bond donors (Lipinski definition) is 1. The molecule has 0 bridgehead atoms. The predicted octanol–water partition coefficient (Wildman–Crippen LogP) is 3.10. The minimum atomic E-state index is -1.52. The van der Waals surface area contributed by atoms with Crippen LogP contribution in [0.4, 0.5) is 4.79 Å². The van der Waals surface area contributed by atoms with E-state index >= 15 is 0 Å². The van der Waals surface area contributed by atoms with Gasteiger partial charge in [-0.25, -0.2) is 4.79 Å². The van der Waals surface area contributed by atoms with Gasteiger partial charge in [0.1, 0.15) is 13.8 Å². The number of nitrogens with zero attached hydrogens (tertiary/aromatic N) is 2. The Labute approximate surface area is 113 Å². The van der Waals surface area contributed by atoms with Gasteiger partial charge in [0.15, 0.2) is 0 Å². The van der Waals surface area contributed by atoms with Crippen LogP contribution in [0.25, 0.3) is 10.9 Å². The second kappa shape index (κ2) is 4.56.